The predicted octanol–water partition coefficient (Wildman–Crippen LogP) is 0.939. The molecule has 0 bridgehead atoms. The maximum absolute atomic E-state index is 10.5. The van der Waals surface area contributed by atoms with Crippen LogP contribution in [0.3, 0.4) is 0 Å². The van der Waals surface area contributed by atoms with E-state index in [0.29, 0.717) is 27.8 Å². The SMILES string of the molecule is Nc1ncnc2c1nc(NCc1ccc(Cl)c(Cl)c1)n2[C@@H]1O[C@H](CO)[C@@H](O)[C@H]1O. The summed E-state index contributed by atoms with van der Waals surface area (Å²) in [6.07, 6.45) is -3.32. The second kappa shape index (κ2) is 7.90. The zero-order chi connectivity index (χ0) is 20.7. The molecule has 2 aromatic heterocycles. The van der Waals surface area contributed by atoms with Crippen molar-refractivity contribution in [3.8, 4) is 0 Å². The molecule has 1 aliphatic rings. The van der Waals surface area contributed by atoms with Gasteiger partial charge in [-0.1, -0.05) is 29.3 Å². The van der Waals surface area contributed by atoms with Crippen molar-refractivity contribution in [2.24, 2.45) is 0 Å². The van der Waals surface area contributed by atoms with Gasteiger partial charge in [0, 0.05) is 6.54 Å². The molecule has 4 atom stereocenters. The van der Waals surface area contributed by atoms with Crippen molar-refractivity contribution in [1.82, 2.24) is 19.5 Å². The number of ether oxygens (including phenoxy) is 1. The van der Waals surface area contributed by atoms with Crippen LogP contribution in [0.4, 0.5) is 11.8 Å². The molecule has 3 heterocycles. The Labute approximate surface area is 174 Å². The van der Waals surface area contributed by atoms with Gasteiger partial charge in [-0.2, -0.15) is 0 Å². The normalized spacial score (nSPS) is 24.3. The third-order valence-electron chi connectivity index (χ3n) is 4.71. The lowest BCUT2D eigenvalue weighted by Gasteiger charge is -2.19. The molecule has 0 saturated carbocycles. The highest BCUT2D eigenvalue weighted by molar-refractivity contribution is 6.42. The Kier molecular flexibility index (Phi) is 5.47. The van der Waals surface area contributed by atoms with Crippen molar-refractivity contribution in [3.05, 3.63) is 40.1 Å². The van der Waals surface area contributed by atoms with E-state index in [1.165, 1.54) is 10.9 Å². The predicted molar refractivity (Wildman–Crippen MR) is 107 cm³/mol. The number of nitrogen functional groups attached to an aromatic ring is 1. The standard InChI is InChI=1S/C17H18Cl2N6O4/c18-8-2-1-7(3-9(8)19)4-21-17-24-11-14(20)22-6-23-15(11)25(17)16-13(28)12(27)10(5-26)29-16/h1-3,6,10,12-13,16,26-28H,4-5H2,(H,21,24)(H2,20,22,23)/t10-,12-,13-,16-/m1/s1. The molecule has 1 aromatic carbocycles. The molecule has 10 nitrogen and oxygen atoms in total. The number of fused-ring (bicyclic) bond motifs is 1. The molecule has 1 aliphatic heterocycles. The molecule has 1 fully saturated rings. The van der Waals surface area contributed by atoms with Crippen LogP contribution >= 0.6 is 23.2 Å². The number of hydrogen-bond donors (Lipinski definition) is 5. The van der Waals surface area contributed by atoms with Gasteiger partial charge >= 0.3 is 0 Å². The lowest BCUT2D eigenvalue weighted by Crippen LogP contribution is -2.33. The van der Waals surface area contributed by atoms with Crippen LogP contribution in [0.5, 0.6) is 0 Å². The van der Waals surface area contributed by atoms with Gasteiger partial charge in [0.15, 0.2) is 23.2 Å². The number of nitrogens with one attached hydrogen (secondary N) is 1. The lowest BCUT2D eigenvalue weighted by atomic mass is 10.1. The Hall–Kier alpha value is -2.21. The molecule has 154 valence electrons. The number of benzene rings is 1. The van der Waals surface area contributed by atoms with Gasteiger partial charge in [0.25, 0.3) is 0 Å². The largest absolute Gasteiger partial charge is 0.394 e. The van der Waals surface area contributed by atoms with Gasteiger partial charge in [0.2, 0.25) is 5.95 Å². The van der Waals surface area contributed by atoms with E-state index in [9.17, 15) is 15.3 Å². The van der Waals surface area contributed by atoms with E-state index in [1.54, 1.807) is 18.2 Å². The molecule has 4 rings (SSSR count). The number of halogens is 2. The number of rotatable bonds is 5. The summed E-state index contributed by atoms with van der Waals surface area (Å²) < 4.78 is 7.13. The van der Waals surface area contributed by atoms with E-state index in [0.717, 1.165) is 5.56 Å². The van der Waals surface area contributed by atoms with Gasteiger partial charge in [0.05, 0.1) is 16.7 Å². The van der Waals surface area contributed by atoms with Crippen molar-refractivity contribution in [1.29, 1.82) is 0 Å². The molecule has 29 heavy (non-hydrogen) atoms. The van der Waals surface area contributed by atoms with Gasteiger partial charge in [-0.15, -0.1) is 0 Å². The number of nitrogens with zero attached hydrogens (tertiary/aromatic N) is 4. The van der Waals surface area contributed by atoms with Crippen LogP contribution in [-0.4, -0.2) is 59.8 Å². The van der Waals surface area contributed by atoms with Gasteiger partial charge in [-0.25, -0.2) is 15.0 Å². The minimum absolute atomic E-state index is 0.151. The molecule has 0 amide bonds. The number of imidazole rings is 1. The summed E-state index contributed by atoms with van der Waals surface area (Å²) in [5, 5.41) is 34.0. The minimum atomic E-state index is -1.31. The lowest BCUT2D eigenvalue weighted by molar-refractivity contribution is -0.0501. The first-order valence-electron chi connectivity index (χ1n) is 8.69. The van der Waals surface area contributed by atoms with Gasteiger partial charge < -0.3 is 31.1 Å². The Bertz CT molecular complexity index is 1050. The summed E-state index contributed by atoms with van der Waals surface area (Å²) in [5.74, 6) is 0.436. The van der Waals surface area contributed by atoms with Crippen LogP contribution in [0.1, 0.15) is 11.8 Å². The second-order valence-electron chi connectivity index (χ2n) is 6.57. The van der Waals surface area contributed by atoms with Crippen LogP contribution in [0.15, 0.2) is 24.5 Å². The Morgan fingerprint density at radius 2 is 1.97 bits per heavy atom. The zero-order valence-electron chi connectivity index (χ0n) is 14.9. The molecule has 0 radical (unpaired) electrons. The monoisotopic (exact) mass is 440 g/mol. The first kappa shape index (κ1) is 20.1. The van der Waals surface area contributed by atoms with Crippen LogP contribution in [0.25, 0.3) is 11.2 Å². The Morgan fingerprint density at radius 3 is 2.66 bits per heavy atom. The number of aliphatic hydroxyl groups excluding tert-OH is 3. The van der Waals surface area contributed by atoms with Crippen molar-refractivity contribution < 1.29 is 20.1 Å². The fourth-order valence-corrected chi connectivity index (χ4v) is 3.54. The fourth-order valence-electron chi connectivity index (χ4n) is 3.22. The van der Waals surface area contributed by atoms with E-state index in [-0.39, 0.29) is 11.8 Å². The summed E-state index contributed by atoms with van der Waals surface area (Å²) in [7, 11) is 0. The number of nitrogens with two attached hydrogens (primary N) is 1. The van der Waals surface area contributed by atoms with Crippen LogP contribution in [-0.2, 0) is 11.3 Å². The Balaban J connectivity index is 1.72. The molecular formula is C17H18Cl2N6O4. The third-order valence-corrected chi connectivity index (χ3v) is 5.45. The number of anilines is 2. The third kappa shape index (κ3) is 3.59. The highest BCUT2D eigenvalue weighted by Crippen LogP contribution is 2.35. The van der Waals surface area contributed by atoms with Crippen LogP contribution in [0, 0.1) is 0 Å². The highest BCUT2D eigenvalue weighted by Gasteiger charge is 2.45. The van der Waals surface area contributed by atoms with E-state index in [1.807, 2.05) is 0 Å². The zero-order valence-corrected chi connectivity index (χ0v) is 16.4. The van der Waals surface area contributed by atoms with Crippen molar-refractivity contribution >= 4 is 46.1 Å². The summed E-state index contributed by atoms with van der Waals surface area (Å²) in [5.41, 5.74) is 7.36. The first-order chi connectivity index (χ1) is 13.9. The summed E-state index contributed by atoms with van der Waals surface area (Å²) in [6.45, 7) is -0.132. The van der Waals surface area contributed by atoms with Gasteiger partial charge in [0.1, 0.15) is 24.6 Å². The maximum atomic E-state index is 10.5. The fraction of sp³-hybridized carbons (Fsp3) is 0.353. The van der Waals surface area contributed by atoms with E-state index >= 15 is 0 Å². The first-order valence-corrected chi connectivity index (χ1v) is 9.45. The molecule has 0 unspecified atom stereocenters. The highest BCUT2D eigenvalue weighted by atomic mass is 35.5. The van der Waals surface area contributed by atoms with Crippen molar-refractivity contribution in [2.45, 2.75) is 31.1 Å². The quantitative estimate of drug-likeness (QED) is 0.390. The Morgan fingerprint density at radius 1 is 1.17 bits per heavy atom. The number of hydrogen-bond acceptors (Lipinski definition) is 9. The minimum Gasteiger partial charge on any atom is -0.394 e. The molecule has 0 spiro atoms. The number of aliphatic hydroxyl groups is 3. The smallest absolute Gasteiger partial charge is 0.207 e. The molecule has 0 aliphatic carbocycles. The maximum Gasteiger partial charge on any atom is 0.207 e. The van der Waals surface area contributed by atoms with Crippen LogP contribution < -0.4 is 11.1 Å². The second-order valence-corrected chi connectivity index (χ2v) is 7.38. The molecule has 3 aromatic rings. The summed E-state index contributed by atoms with van der Waals surface area (Å²) in [4.78, 5) is 12.6. The van der Waals surface area contributed by atoms with Crippen LogP contribution in [0.2, 0.25) is 10.0 Å². The average Bonchev–Trinajstić information content (AvgIpc) is 3.21. The summed E-state index contributed by atoms with van der Waals surface area (Å²) >= 11 is 12.0. The van der Waals surface area contributed by atoms with Gasteiger partial charge in [-0.3, -0.25) is 4.57 Å². The summed E-state index contributed by atoms with van der Waals surface area (Å²) in [6, 6.07) is 5.19. The molecule has 1 saturated heterocycles. The molecule has 6 N–H and O–H groups in total. The van der Waals surface area contributed by atoms with E-state index < -0.39 is 31.1 Å². The van der Waals surface area contributed by atoms with Crippen molar-refractivity contribution in [3.63, 3.8) is 0 Å². The van der Waals surface area contributed by atoms with E-state index in [2.05, 4.69) is 20.3 Å². The average molecular weight is 441 g/mol. The van der Waals surface area contributed by atoms with Crippen molar-refractivity contribution in [2.75, 3.05) is 17.7 Å². The molecule has 12 heteroatoms. The topological polar surface area (TPSA) is 152 Å². The van der Waals surface area contributed by atoms with Gasteiger partial charge in [-0.05, 0) is 17.7 Å². The molecular weight excluding hydrogens is 423 g/mol. The number of aromatic nitrogens is 4. The van der Waals surface area contributed by atoms with E-state index in [4.69, 9.17) is 33.7 Å².